The molecule has 1 aliphatic rings. The maximum absolute atomic E-state index is 5.32. The number of nitrogens with one attached hydrogen (secondary N) is 1. The molecule has 5 nitrogen and oxygen atoms in total. The molecule has 1 aromatic heterocycles. The van der Waals surface area contributed by atoms with Gasteiger partial charge in [-0.2, -0.15) is 4.98 Å². The Balaban J connectivity index is 2.00. The van der Waals surface area contributed by atoms with Crippen molar-refractivity contribution >= 4 is 0 Å². The Kier molecular flexibility index (Phi) is 3.90. The molecule has 2 rings (SSSR count). The molecule has 0 aromatic carbocycles. The summed E-state index contributed by atoms with van der Waals surface area (Å²) in [6, 6.07) is 0.482. The lowest BCUT2D eigenvalue weighted by molar-refractivity contribution is 0.199. The third-order valence-electron chi connectivity index (χ3n) is 3.22. The second kappa shape index (κ2) is 5.41. The standard InChI is InChI=1S/C11H19N3O2/c1-12-9-5-3-4-8(9)11-13-10(14-16-11)6-7-15-2/h8-9,12H,3-7H2,1-2H3. The average molecular weight is 225 g/mol. The van der Waals surface area contributed by atoms with Crippen molar-refractivity contribution in [1.82, 2.24) is 15.5 Å². The Bertz CT molecular complexity index is 327. The molecule has 1 aliphatic carbocycles. The Morgan fingerprint density at radius 3 is 3.12 bits per heavy atom. The molecular formula is C11H19N3O2. The summed E-state index contributed by atoms with van der Waals surface area (Å²) in [4.78, 5) is 4.43. The van der Waals surface area contributed by atoms with E-state index in [0.29, 0.717) is 18.6 Å². The highest BCUT2D eigenvalue weighted by Gasteiger charge is 2.31. The number of ether oxygens (including phenoxy) is 1. The van der Waals surface area contributed by atoms with Crippen molar-refractivity contribution < 1.29 is 9.26 Å². The zero-order valence-corrected chi connectivity index (χ0v) is 9.90. The summed E-state index contributed by atoms with van der Waals surface area (Å²) in [5.41, 5.74) is 0. The first-order chi connectivity index (χ1) is 7.85. The highest BCUT2D eigenvalue weighted by Crippen LogP contribution is 2.33. The number of hydrogen-bond acceptors (Lipinski definition) is 5. The number of aromatic nitrogens is 2. The lowest BCUT2D eigenvalue weighted by atomic mass is 10.0. The van der Waals surface area contributed by atoms with Crippen LogP contribution in [0.1, 0.15) is 36.9 Å². The van der Waals surface area contributed by atoms with Crippen LogP contribution < -0.4 is 5.32 Å². The molecule has 0 aliphatic heterocycles. The summed E-state index contributed by atoms with van der Waals surface area (Å²) >= 11 is 0. The molecule has 0 saturated heterocycles. The van der Waals surface area contributed by atoms with Crippen LogP contribution in [-0.2, 0) is 11.2 Å². The molecule has 90 valence electrons. The molecule has 1 N–H and O–H groups in total. The topological polar surface area (TPSA) is 60.2 Å². The van der Waals surface area contributed by atoms with Gasteiger partial charge in [0.05, 0.1) is 12.5 Å². The molecule has 2 atom stereocenters. The predicted molar refractivity (Wildman–Crippen MR) is 59.3 cm³/mol. The SMILES string of the molecule is CNC1CCCC1c1nc(CCOC)no1. The fourth-order valence-electron chi connectivity index (χ4n) is 2.31. The first-order valence-corrected chi connectivity index (χ1v) is 5.84. The lowest BCUT2D eigenvalue weighted by Gasteiger charge is -2.14. The van der Waals surface area contributed by atoms with E-state index in [1.165, 1.54) is 12.8 Å². The molecule has 2 unspecified atom stereocenters. The Morgan fingerprint density at radius 1 is 1.50 bits per heavy atom. The molecule has 1 fully saturated rings. The van der Waals surface area contributed by atoms with Crippen molar-refractivity contribution in [3.8, 4) is 0 Å². The molecule has 1 aromatic rings. The molecule has 16 heavy (non-hydrogen) atoms. The van der Waals surface area contributed by atoms with Crippen LogP contribution in [0.3, 0.4) is 0 Å². The van der Waals surface area contributed by atoms with Crippen LogP contribution in [0.25, 0.3) is 0 Å². The first kappa shape index (κ1) is 11.5. The smallest absolute Gasteiger partial charge is 0.231 e. The van der Waals surface area contributed by atoms with Crippen molar-refractivity contribution in [3.63, 3.8) is 0 Å². The summed E-state index contributed by atoms with van der Waals surface area (Å²) in [6.07, 6.45) is 4.28. The van der Waals surface area contributed by atoms with Gasteiger partial charge in [0.1, 0.15) is 0 Å². The average Bonchev–Trinajstić information content (AvgIpc) is 2.94. The van der Waals surface area contributed by atoms with E-state index in [4.69, 9.17) is 9.26 Å². The summed E-state index contributed by atoms with van der Waals surface area (Å²) in [6.45, 7) is 0.638. The number of hydrogen-bond donors (Lipinski definition) is 1. The summed E-state index contributed by atoms with van der Waals surface area (Å²) < 4.78 is 10.3. The molecule has 0 amide bonds. The van der Waals surface area contributed by atoms with Gasteiger partial charge in [-0.1, -0.05) is 11.6 Å². The van der Waals surface area contributed by atoms with Gasteiger partial charge in [0.25, 0.3) is 0 Å². The largest absolute Gasteiger partial charge is 0.384 e. The van der Waals surface area contributed by atoms with E-state index in [0.717, 1.165) is 24.6 Å². The van der Waals surface area contributed by atoms with Gasteiger partial charge in [-0.05, 0) is 19.9 Å². The van der Waals surface area contributed by atoms with Gasteiger partial charge < -0.3 is 14.6 Å². The van der Waals surface area contributed by atoms with Gasteiger partial charge in [0, 0.05) is 19.6 Å². The zero-order chi connectivity index (χ0) is 11.4. The zero-order valence-electron chi connectivity index (χ0n) is 9.90. The molecule has 0 radical (unpaired) electrons. The van der Waals surface area contributed by atoms with Crippen LogP contribution in [0, 0.1) is 0 Å². The van der Waals surface area contributed by atoms with Gasteiger partial charge in [0.2, 0.25) is 5.89 Å². The number of likely N-dealkylation sites (N-methyl/N-ethyl adjacent to an activating group) is 1. The normalized spacial score (nSPS) is 25.1. The van der Waals surface area contributed by atoms with Crippen molar-refractivity contribution in [1.29, 1.82) is 0 Å². The minimum Gasteiger partial charge on any atom is -0.384 e. The highest BCUT2D eigenvalue weighted by molar-refractivity contribution is 5.02. The summed E-state index contributed by atoms with van der Waals surface area (Å²) in [5, 5.41) is 7.29. The molecule has 5 heteroatoms. The van der Waals surface area contributed by atoms with E-state index in [9.17, 15) is 0 Å². The first-order valence-electron chi connectivity index (χ1n) is 5.84. The molecule has 1 heterocycles. The van der Waals surface area contributed by atoms with Gasteiger partial charge in [-0.3, -0.25) is 0 Å². The maximum Gasteiger partial charge on any atom is 0.231 e. The van der Waals surface area contributed by atoms with Gasteiger partial charge in [0.15, 0.2) is 5.82 Å². The third-order valence-corrected chi connectivity index (χ3v) is 3.22. The number of rotatable bonds is 5. The van der Waals surface area contributed by atoms with E-state index >= 15 is 0 Å². The van der Waals surface area contributed by atoms with E-state index in [2.05, 4.69) is 15.5 Å². The molecule has 0 bridgehead atoms. The van der Waals surface area contributed by atoms with Crippen LogP contribution in [0.2, 0.25) is 0 Å². The Morgan fingerprint density at radius 2 is 2.38 bits per heavy atom. The van der Waals surface area contributed by atoms with Gasteiger partial charge in [-0.25, -0.2) is 0 Å². The fraction of sp³-hybridized carbons (Fsp3) is 0.818. The van der Waals surface area contributed by atoms with Crippen LogP contribution in [0.5, 0.6) is 0 Å². The number of methoxy groups -OCH3 is 1. The van der Waals surface area contributed by atoms with Crippen LogP contribution in [0.4, 0.5) is 0 Å². The minimum atomic E-state index is 0.383. The molecule has 1 saturated carbocycles. The summed E-state index contributed by atoms with van der Waals surface area (Å²) in [5.74, 6) is 1.91. The minimum absolute atomic E-state index is 0.383. The van der Waals surface area contributed by atoms with Crippen LogP contribution in [0.15, 0.2) is 4.52 Å². The monoisotopic (exact) mass is 225 g/mol. The Labute approximate surface area is 95.6 Å². The Hall–Kier alpha value is -0.940. The van der Waals surface area contributed by atoms with Crippen molar-refractivity contribution in [2.45, 2.75) is 37.6 Å². The molecular weight excluding hydrogens is 206 g/mol. The van der Waals surface area contributed by atoms with E-state index in [1.54, 1.807) is 7.11 Å². The van der Waals surface area contributed by atoms with Gasteiger partial charge >= 0.3 is 0 Å². The third kappa shape index (κ3) is 2.41. The second-order valence-electron chi connectivity index (χ2n) is 4.22. The van der Waals surface area contributed by atoms with Crippen molar-refractivity contribution in [3.05, 3.63) is 11.7 Å². The summed E-state index contributed by atoms with van der Waals surface area (Å²) in [7, 11) is 3.67. The van der Waals surface area contributed by atoms with Gasteiger partial charge in [-0.15, -0.1) is 0 Å². The lowest BCUT2D eigenvalue weighted by Crippen LogP contribution is -2.27. The van der Waals surface area contributed by atoms with E-state index in [-0.39, 0.29) is 0 Å². The predicted octanol–water partition coefficient (Wildman–Crippen LogP) is 1.11. The maximum atomic E-state index is 5.32. The number of nitrogens with zero attached hydrogens (tertiary/aromatic N) is 2. The van der Waals surface area contributed by atoms with Crippen LogP contribution in [-0.4, -0.2) is 36.9 Å². The van der Waals surface area contributed by atoms with Crippen molar-refractivity contribution in [2.75, 3.05) is 20.8 Å². The second-order valence-corrected chi connectivity index (χ2v) is 4.22. The van der Waals surface area contributed by atoms with Crippen molar-refractivity contribution in [2.24, 2.45) is 0 Å². The quantitative estimate of drug-likeness (QED) is 0.813. The van der Waals surface area contributed by atoms with E-state index < -0.39 is 0 Å². The van der Waals surface area contributed by atoms with Crippen LogP contribution >= 0.6 is 0 Å². The highest BCUT2D eigenvalue weighted by atomic mass is 16.5. The fourth-order valence-corrected chi connectivity index (χ4v) is 2.31. The van der Waals surface area contributed by atoms with E-state index in [1.807, 2.05) is 7.05 Å². The molecule has 0 spiro atoms.